The van der Waals surface area contributed by atoms with Crippen molar-refractivity contribution in [1.29, 1.82) is 0 Å². The van der Waals surface area contributed by atoms with Gasteiger partial charge in [-0.1, -0.05) is 17.7 Å². The van der Waals surface area contributed by atoms with Crippen LogP contribution in [0.25, 0.3) is 0 Å². The van der Waals surface area contributed by atoms with Gasteiger partial charge in [-0.05, 0) is 25.1 Å². The molecule has 1 rings (SSSR count). The fourth-order valence-corrected chi connectivity index (χ4v) is 2.76. The van der Waals surface area contributed by atoms with Gasteiger partial charge < -0.3 is 5.11 Å². The highest BCUT2D eigenvalue weighted by Crippen LogP contribution is 2.23. The number of carbonyl (C=O) groups is 1. The Labute approximate surface area is 105 Å². The summed E-state index contributed by atoms with van der Waals surface area (Å²) in [5, 5.41) is 9.25. The minimum absolute atomic E-state index is 0.231. The van der Waals surface area contributed by atoms with Gasteiger partial charge in [0.2, 0.25) is 10.0 Å². The van der Waals surface area contributed by atoms with Gasteiger partial charge in [-0.15, -0.1) is 0 Å². The molecule has 17 heavy (non-hydrogen) atoms. The zero-order chi connectivity index (χ0) is 13.2. The van der Waals surface area contributed by atoms with Crippen LogP contribution in [0.2, 0.25) is 5.02 Å². The molecule has 0 saturated carbocycles. The molecule has 0 fully saturated rings. The van der Waals surface area contributed by atoms with Gasteiger partial charge in [0.25, 0.3) is 0 Å². The molecule has 94 valence electrons. The van der Waals surface area contributed by atoms with E-state index in [1.165, 1.54) is 19.1 Å². The first-order chi connectivity index (χ1) is 7.73. The second-order valence-electron chi connectivity index (χ2n) is 3.55. The summed E-state index contributed by atoms with van der Waals surface area (Å²) in [7, 11) is -3.69. The zero-order valence-electron chi connectivity index (χ0n) is 9.29. The minimum Gasteiger partial charge on any atom is -0.480 e. The summed E-state index contributed by atoms with van der Waals surface area (Å²) in [6.45, 7) is 1.30. The molecule has 0 spiro atoms. The van der Waals surface area contributed by atoms with Crippen molar-refractivity contribution < 1.29 is 18.3 Å². The van der Waals surface area contributed by atoms with Crippen molar-refractivity contribution in [2.75, 3.05) is 10.6 Å². The number of sulfonamides is 1. The van der Waals surface area contributed by atoms with Gasteiger partial charge in [0.05, 0.1) is 11.9 Å². The molecule has 0 aliphatic rings. The highest BCUT2D eigenvalue weighted by atomic mass is 35.5. The van der Waals surface area contributed by atoms with Crippen molar-refractivity contribution in [1.82, 2.24) is 0 Å². The number of aliphatic carboxylic acids is 1. The summed E-state index contributed by atoms with van der Waals surface area (Å²) in [6, 6.07) is 4.85. The van der Waals surface area contributed by atoms with E-state index in [9.17, 15) is 13.2 Å². The van der Waals surface area contributed by atoms with Crippen molar-refractivity contribution in [2.45, 2.75) is 13.0 Å². The number of carboxylic acids is 1. The highest BCUT2D eigenvalue weighted by Gasteiger charge is 2.28. The molecule has 1 N–H and O–H groups in total. The molecule has 0 aliphatic heterocycles. The van der Waals surface area contributed by atoms with Crippen molar-refractivity contribution in [3.63, 3.8) is 0 Å². The molecule has 0 heterocycles. The van der Waals surface area contributed by atoms with Crippen LogP contribution in [-0.4, -0.2) is 31.8 Å². The van der Waals surface area contributed by atoms with Crippen LogP contribution >= 0.6 is 11.6 Å². The second-order valence-corrected chi connectivity index (χ2v) is 5.85. The monoisotopic (exact) mass is 277 g/mol. The van der Waals surface area contributed by atoms with E-state index in [0.29, 0.717) is 5.02 Å². The quantitative estimate of drug-likeness (QED) is 0.907. The van der Waals surface area contributed by atoms with Crippen LogP contribution < -0.4 is 4.31 Å². The van der Waals surface area contributed by atoms with Crippen molar-refractivity contribution in [3.8, 4) is 0 Å². The van der Waals surface area contributed by atoms with Crippen LogP contribution in [0.3, 0.4) is 0 Å². The first-order valence-electron chi connectivity index (χ1n) is 4.71. The third-order valence-corrected chi connectivity index (χ3v) is 3.61. The Morgan fingerprint density at radius 3 is 2.47 bits per heavy atom. The predicted molar refractivity (Wildman–Crippen MR) is 65.9 cm³/mol. The molecule has 1 aromatic carbocycles. The molecule has 0 aliphatic carbocycles. The Kier molecular flexibility index (Phi) is 4.00. The summed E-state index contributed by atoms with van der Waals surface area (Å²) in [5.74, 6) is -1.23. The van der Waals surface area contributed by atoms with E-state index < -0.39 is 22.0 Å². The molecule has 0 bridgehead atoms. The lowest BCUT2D eigenvalue weighted by atomic mass is 10.2. The van der Waals surface area contributed by atoms with E-state index >= 15 is 0 Å². The smallest absolute Gasteiger partial charge is 0.327 e. The van der Waals surface area contributed by atoms with E-state index in [0.717, 1.165) is 10.6 Å². The minimum atomic E-state index is -3.69. The van der Waals surface area contributed by atoms with Gasteiger partial charge in [0.1, 0.15) is 6.04 Å². The number of carboxylic acid groups (broad SMARTS) is 1. The zero-order valence-corrected chi connectivity index (χ0v) is 10.9. The number of nitrogens with zero attached hydrogens (tertiary/aromatic N) is 1. The fourth-order valence-electron chi connectivity index (χ4n) is 1.42. The molecule has 5 nitrogen and oxygen atoms in total. The van der Waals surface area contributed by atoms with Crippen LogP contribution in [0.15, 0.2) is 24.3 Å². The molecule has 7 heteroatoms. The number of anilines is 1. The topological polar surface area (TPSA) is 74.7 Å². The number of rotatable bonds is 4. The lowest BCUT2D eigenvalue weighted by molar-refractivity contribution is -0.137. The first-order valence-corrected chi connectivity index (χ1v) is 6.94. The number of halogens is 1. The summed E-state index contributed by atoms with van der Waals surface area (Å²) < 4.78 is 24.0. The van der Waals surface area contributed by atoms with Gasteiger partial charge in [-0.25, -0.2) is 13.2 Å². The lowest BCUT2D eigenvalue weighted by Gasteiger charge is -2.26. The molecule has 0 aromatic heterocycles. The molecule has 0 unspecified atom stereocenters. The lowest BCUT2D eigenvalue weighted by Crippen LogP contribution is -2.42. The maximum Gasteiger partial charge on any atom is 0.327 e. The van der Waals surface area contributed by atoms with Crippen LogP contribution in [0.4, 0.5) is 5.69 Å². The van der Waals surface area contributed by atoms with Crippen LogP contribution in [-0.2, 0) is 14.8 Å². The molecule has 0 saturated heterocycles. The highest BCUT2D eigenvalue weighted by molar-refractivity contribution is 7.92. The summed E-state index contributed by atoms with van der Waals surface area (Å²) in [6.07, 6.45) is 0.952. The van der Waals surface area contributed by atoms with E-state index in [-0.39, 0.29) is 5.69 Å². The molecule has 1 aromatic rings. The van der Waals surface area contributed by atoms with Crippen LogP contribution in [0, 0.1) is 0 Å². The Morgan fingerprint density at radius 1 is 1.47 bits per heavy atom. The largest absolute Gasteiger partial charge is 0.480 e. The normalized spacial score (nSPS) is 13.1. The number of hydrogen-bond donors (Lipinski definition) is 1. The van der Waals surface area contributed by atoms with Crippen molar-refractivity contribution in [2.24, 2.45) is 0 Å². The van der Waals surface area contributed by atoms with Gasteiger partial charge in [-0.3, -0.25) is 4.31 Å². The predicted octanol–water partition coefficient (Wildman–Crippen LogP) is 1.58. The van der Waals surface area contributed by atoms with Gasteiger partial charge in [0.15, 0.2) is 0 Å². The Bertz CT molecular complexity index is 529. The van der Waals surface area contributed by atoms with E-state index in [4.69, 9.17) is 16.7 Å². The summed E-state index contributed by atoms with van der Waals surface area (Å²) in [5.41, 5.74) is 0.231. The summed E-state index contributed by atoms with van der Waals surface area (Å²) in [4.78, 5) is 10.9. The molecule has 1 atom stereocenters. The number of benzene rings is 1. The maximum absolute atomic E-state index is 11.6. The Hall–Kier alpha value is -1.27. The molecular weight excluding hydrogens is 266 g/mol. The third-order valence-electron chi connectivity index (χ3n) is 2.13. The summed E-state index contributed by atoms with van der Waals surface area (Å²) >= 11 is 5.75. The SMILES string of the molecule is C[C@H](C(=O)O)N(c1cccc(Cl)c1)S(C)(=O)=O. The fraction of sp³-hybridized carbons (Fsp3) is 0.300. The Balaban J connectivity index is 3.30. The van der Waals surface area contributed by atoms with Gasteiger partial charge in [-0.2, -0.15) is 0 Å². The molecule has 0 radical (unpaired) electrons. The van der Waals surface area contributed by atoms with Gasteiger partial charge in [0, 0.05) is 5.02 Å². The van der Waals surface area contributed by atoms with E-state index in [1.54, 1.807) is 12.1 Å². The first kappa shape index (κ1) is 13.8. The standard InChI is InChI=1S/C10H12ClNO4S/c1-7(10(13)14)12(17(2,15)16)9-5-3-4-8(11)6-9/h3-7H,1-2H3,(H,13,14)/t7-/m1/s1. The van der Waals surface area contributed by atoms with Crippen LogP contribution in [0.1, 0.15) is 6.92 Å². The van der Waals surface area contributed by atoms with Crippen molar-refractivity contribution in [3.05, 3.63) is 29.3 Å². The number of hydrogen-bond acceptors (Lipinski definition) is 3. The van der Waals surface area contributed by atoms with E-state index in [2.05, 4.69) is 0 Å². The maximum atomic E-state index is 11.6. The average Bonchev–Trinajstić information content (AvgIpc) is 2.15. The van der Waals surface area contributed by atoms with Gasteiger partial charge >= 0.3 is 5.97 Å². The third kappa shape index (κ3) is 3.34. The average molecular weight is 278 g/mol. The van der Waals surface area contributed by atoms with E-state index in [1.807, 2.05) is 0 Å². The molecular formula is C10H12ClNO4S. The second kappa shape index (κ2) is 4.93. The van der Waals surface area contributed by atoms with Crippen molar-refractivity contribution >= 4 is 33.3 Å². The van der Waals surface area contributed by atoms with Crippen LogP contribution in [0.5, 0.6) is 0 Å². The Morgan fingerprint density at radius 2 is 2.06 bits per heavy atom. The molecule has 0 amide bonds.